The van der Waals surface area contributed by atoms with Crippen LogP contribution >= 0.6 is 0 Å². The summed E-state index contributed by atoms with van der Waals surface area (Å²) in [6, 6.07) is 0.589. The third-order valence-electron chi connectivity index (χ3n) is 3.49. The number of ether oxygens (including phenoxy) is 1. The Hall–Kier alpha value is -1.81. The fourth-order valence-electron chi connectivity index (χ4n) is 2.13. The maximum absolute atomic E-state index is 10.6. The van der Waals surface area contributed by atoms with E-state index in [1.54, 1.807) is 7.11 Å². The molecule has 1 aliphatic rings. The number of aromatic nitrogens is 2. The van der Waals surface area contributed by atoms with Crippen LogP contribution in [0.25, 0.3) is 0 Å². The van der Waals surface area contributed by atoms with Crippen LogP contribution < -0.4 is 5.32 Å². The molecule has 0 atom stereocenters. The minimum absolute atomic E-state index is 0.589. The summed E-state index contributed by atoms with van der Waals surface area (Å²) in [7, 11) is 3.89. The van der Waals surface area contributed by atoms with Crippen molar-refractivity contribution in [3.63, 3.8) is 0 Å². The number of hydrogen-bond donors (Lipinski definition) is 2. The minimum Gasteiger partial charge on any atom is -0.475 e. The van der Waals surface area contributed by atoms with Crippen molar-refractivity contribution in [2.45, 2.75) is 31.6 Å². The molecule has 138 valence electrons. The van der Waals surface area contributed by atoms with E-state index in [1.807, 2.05) is 10.9 Å². The Balaban J connectivity index is 0.000000351. The summed E-state index contributed by atoms with van der Waals surface area (Å²) < 4.78 is 38.7. The average Bonchev–Trinajstić information content (AvgIpc) is 2.95. The van der Waals surface area contributed by atoms with Gasteiger partial charge in [-0.25, -0.2) is 4.79 Å². The van der Waals surface area contributed by atoms with Crippen molar-refractivity contribution in [2.24, 2.45) is 0 Å². The van der Waals surface area contributed by atoms with E-state index in [2.05, 4.69) is 28.6 Å². The second-order valence-electron chi connectivity index (χ2n) is 5.51. The van der Waals surface area contributed by atoms with Gasteiger partial charge in [-0.2, -0.15) is 18.3 Å². The summed E-state index contributed by atoms with van der Waals surface area (Å²) in [6.07, 6.45) is 1.28. The molecule has 2 heterocycles. The van der Waals surface area contributed by atoms with Crippen LogP contribution in [0.4, 0.5) is 18.9 Å². The topological polar surface area (TPSA) is 79.6 Å². The molecule has 0 spiro atoms. The standard InChI is InChI=1S/C12H22N4O.C2HF3O2/c1-15-5-3-11(4-6-15)14-12-9-13-16(10-12)7-8-17-2;3-2(4,5)1(6)7/h9-11,14H,3-8H2,1-2H3;(H,6,7). The van der Waals surface area contributed by atoms with Crippen LogP contribution in [-0.4, -0.2) is 71.8 Å². The molecule has 0 amide bonds. The third kappa shape index (κ3) is 7.64. The Bertz CT molecular complexity index is 500. The van der Waals surface area contributed by atoms with Crippen LogP contribution in [0, 0.1) is 0 Å². The molecule has 1 aliphatic heterocycles. The van der Waals surface area contributed by atoms with E-state index in [-0.39, 0.29) is 0 Å². The predicted octanol–water partition coefficient (Wildman–Crippen LogP) is 1.67. The number of piperidine rings is 1. The molecule has 0 radical (unpaired) electrons. The molecule has 0 aromatic carbocycles. The lowest BCUT2D eigenvalue weighted by molar-refractivity contribution is -0.192. The van der Waals surface area contributed by atoms with Crippen LogP contribution in [0.3, 0.4) is 0 Å². The molecule has 0 bridgehead atoms. The van der Waals surface area contributed by atoms with Gasteiger partial charge in [-0.3, -0.25) is 4.68 Å². The number of nitrogens with zero attached hydrogens (tertiary/aromatic N) is 3. The van der Waals surface area contributed by atoms with Gasteiger partial charge >= 0.3 is 12.1 Å². The number of likely N-dealkylation sites (tertiary alicyclic amines) is 1. The van der Waals surface area contributed by atoms with Crippen molar-refractivity contribution >= 4 is 11.7 Å². The highest BCUT2D eigenvalue weighted by molar-refractivity contribution is 5.73. The van der Waals surface area contributed by atoms with Gasteiger partial charge in [0.25, 0.3) is 0 Å². The minimum atomic E-state index is -5.08. The van der Waals surface area contributed by atoms with E-state index in [4.69, 9.17) is 14.6 Å². The second-order valence-corrected chi connectivity index (χ2v) is 5.51. The number of rotatable bonds is 5. The number of nitrogens with one attached hydrogen (secondary N) is 1. The Labute approximate surface area is 138 Å². The first-order valence-corrected chi connectivity index (χ1v) is 7.49. The zero-order chi connectivity index (χ0) is 18.2. The van der Waals surface area contributed by atoms with E-state index < -0.39 is 12.1 Å². The quantitative estimate of drug-likeness (QED) is 0.839. The van der Waals surface area contributed by atoms with Crippen molar-refractivity contribution < 1.29 is 27.8 Å². The van der Waals surface area contributed by atoms with Gasteiger partial charge < -0.3 is 20.1 Å². The van der Waals surface area contributed by atoms with Crippen molar-refractivity contribution in [3.05, 3.63) is 12.4 Å². The van der Waals surface area contributed by atoms with Crippen molar-refractivity contribution in [1.29, 1.82) is 0 Å². The summed E-state index contributed by atoms with van der Waals surface area (Å²) in [4.78, 5) is 11.3. The van der Waals surface area contributed by atoms with Gasteiger partial charge in [-0.1, -0.05) is 0 Å². The number of halogens is 3. The highest BCUT2D eigenvalue weighted by Crippen LogP contribution is 2.15. The fourth-order valence-corrected chi connectivity index (χ4v) is 2.13. The van der Waals surface area contributed by atoms with Gasteiger partial charge in [0.1, 0.15) is 0 Å². The summed E-state index contributed by atoms with van der Waals surface area (Å²) in [5, 5.41) is 15.0. The molecule has 1 aromatic heterocycles. The SMILES string of the molecule is COCCn1cc(NC2CCN(C)CC2)cn1.O=C(O)C(F)(F)F. The molecular weight excluding hydrogens is 329 g/mol. The first kappa shape index (κ1) is 20.2. The van der Waals surface area contributed by atoms with Crippen LogP contribution in [-0.2, 0) is 16.1 Å². The third-order valence-corrected chi connectivity index (χ3v) is 3.49. The van der Waals surface area contributed by atoms with Gasteiger partial charge in [0, 0.05) is 19.3 Å². The molecule has 0 saturated carbocycles. The molecule has 10 heteroatoms. The molecule has 2 rings (SSSR count). The van der Waals surface area contributed by atoms with Gasteiger partial charge in [0.05, 0.1) is 25.0 Å². The first-order chi connectivity index (χ1) is 11.2. The molecule has 0 aliphatic carbocycles. The lowest BCUT2D eigenvalue weighted by Crippen LogP contribution is -2.36. The highest BCUT2D eigenvalue weighted by atomic mass is 19.4. The Morgan fingerprint density at radius 1 is 1.46 bits per heavy atom. The van der Waals surface area contributed by atoms with Crippen molar-refractivity contribution in [3.8, 4) is 0 Å². The number of alkyl halides is 3. The molecule has 1 aromatic rings. The van der Waals surface area contributed by atoms with Crippen LogP contribution in [0.15, 0.2) is 12.4 Å². The fraction of sp³-hybridized carbons (Fsp3) is 0.714. The van der Waals surface area contributed by atoms with Gasteiger partial charge in [-0.05, 0) is 33.0 Å². The van der Waals surface area contributed by atoms with Crippen LogP contribution in [0.1, 0.15) is 12.8 Å². The van der Waals surface area contributed by atoms with Gasteiger partial charge in [-0.15, -0.1) is 0 Å². The van der Waals surface area contributed by atoms with Crippen LogP contribution in [0.2, 0.25) is 0 Å². The number of carbonyl (C=O) groups is 1. The van der Waals surface area contributed by atoms with E-state index in [0.717, 1.165) is 12.2 Å². The molecule has 0 unspecified atom stereocenters. The van der Waals surface area contributed by atoms with Crippen molar-refractivity contribution in [1.82, 2.24) is 14.7 Å². The van der Waals surface area contributed by atoms with E-state index in [1.165, 1.54) is 25.9 Å². The number of hydrogen-bond acceptors (Lipinski definition) is 5. The summed E-state index contributed by atoms with van der Waals surface area (Å²) in [6.45, 7) is 3.87. The molecular formula is C14H23F3N4O3. The summed E-state index contributed by atoms with van der Waals surface area (Å²) in [5.41, 5.74) is 1.12. The van der Waals surface area contributed by atoms with Gasteiger partial charge in [0.15, 0.2) is 0 Å². The molecule has 24 heavy (non-hydrogen) atoms. The number of carboxylic acid groups (broad SMARTS) is 1. The lowest BCUT2D eigenvalue weighted by atomic mass is 10.1. The lowest BCUT2D eigenvalue weighted by Gasteiger charge is -2.29. The molecule has 7 nitrogen and oxygen atoms in total. The zero-order valence-corrected chi connectivity index (χ0v) is 13.7. The maximum Gasteiger partial charge on any atom is 0.490 e. The smallest absolute Gasteiger partial charge is 0.475 e. The number of carboxylic acids is 1. The number of aliphatic carboxylic acids is 1. The predicted molar refractivity (Wildman–Crippen MR) is 81.9 cm³/mol. The molecule has 2 N–H and O–H groups in total. The number of methoxy groups -OCH3 is 1. The van der Waals surface area contributed by atoms with Crippen molar-refractivity contribution in [2.75, 3.05) is 39.2 Å². The highest BCUT2D eigenvalue weighted by Gasteiger charge is 2.38. The first-order valence-electron chi connectivity index (χ1n) is 7.49. The Kier molecular flexibility index (Phi) is 7.99. The monoisotopic (exact) mass is 352 g/mol. The van der Waals surface area contributed by atoms with E-state index in [9.17, 15) is 13.2 Å². The maximum atomic E-state index is 10.6. The number of anilines is 1. The van der Waals surface area contributed by atoms with E-state index in [0.29, 0.717) is 12.6 Å². The summed E-state index contributed by atoms with van der Waals surface area (Å²) in [5.74, 6) is -2.76. The normalized spacial score (nSPS) is 16.4. The molecule has 1 saturated heterocycles. The Morgan fingerprint density at radius 3 is 2.54 bits per heavy atom. The second kappa shape index (κ2) is 9.48. The Morgan fingerprint density at radius 2 is 2.04 bits per heavy atom. The average molecular weight is 352 g/mol. The molecule has 1 fully saturated rings. The summed E-state index contributed by atoms with van der Waals surface area (Å²) >= 11 is 0. The van der Waals surface area contributed by atoms with Gasteiger partial charge in [0.2, 0.25) is 0 Å². The zero-order valence-electron chi connectivity index (χ0n) is 13.7. The van der Waals surface area contributed by atoms with E-state index >= 15 is 0 Å². The van der Waals surface area contributed by atoms with Crippen LogP contribution in [0.5, 0.6) is 0 Å². The largest absolute Gasteiger partial charge is 0.490 e.